The first kappa shape index (κ1) is 15.2. The van der Waals surface area contributed by atoms with Crippen LogP contribution in [0.2, 0.25) is 0 Å². The molecule has 2 aliphatic rings. The summed E-state index contributed by atoms with van der Waals surface area (Å²) in [4.78, 5) is 48.0. The lowest BCUT2D eigenvalue weighted by molar-refractivity contribution is -0.352. The molecule has 23 heavy (non-hydrogen) atoms. The lowest BCUT2D eigenvalue weighted by Gasteiger charge is -2.44. The van der Waals surface area contributed by atoms with Crippen molar-refractivity contribution in [2.75, 3.05) is 0 Å². The molecule has 10 nitrogen and oxygen atoms in total. The van der Waals surface area contributed by atoms with Crippen molar-refractivity contribution < 1.29 is 39.6 Å². The number of amides is 4. The van der Waals surface area contributed by atoms with Crippen molar-refractivity contribution in [1.82, 2.24) is 10.2 Å². The van der Waals surface area contributed by atoms with Gasteiger partial charge in [-0.1, -0.05) is 12.1 Å². The monoisotopic (exact) mass is 322 g/mol. The van der Waals surface area contributed by atoms with Crippen molar-refractivity contribution in [2.24, 2.45) is 0 Å². The number of nitrogens with zero attached hydrogens (tertiary/aromatic N) is 1. The first-order chi connectivity index (χ1) is 10.6. The molecule has 1 atom stereocenters. The van der Waals surface area contributed by atoms with Crippen LogP contribution in [0.1, 0.15) is 20.7 Å². The Balaban J connectivity index is 2.12. The van der Waals surface area contributed by atoms with Crippen LogP contribution < -0.4 is 5.32 Å². The molecule has 3 rings (SSSR count). The summed E-state index contributed by atoms with van der Waals surface area (Å²) >= 11 is 0. The Labute approximate surface area is 127 Å². The Morgan fingerprint density at radius 1 is 0.913 bits per heavy atom. The molecule has 5 N–H and O–H groups in total. The maximum absolute atomic E-state index is 12.3. The average molecular weight is 322 g/mol. The minimum atomic E-state index is -3.80. The second kappa shape index (κ2) is 4.43. The highest BCUT2D eigenvalue weighted by Crippen LogP contribution is 2.34. The third kappa shape index (κ3) is 1.77. The van der Waals surface area contributed by atoms with Crippen LogP contribution in [0.4, 0.5) is 0 Å². The highest BCUT2D eigenvalue weighted by Gasteiger charge is 2.68. The van der Waals surface area contributed by atoms with Gasteiger partial charge in [-0.3, -0.25) is 29.4 Å². The topological polar surface area (TPSA) is 164 Å². The fourth-order valence-electron chi connectivity index (χ4n) is 2.55. The summed E-state index contributed by atoms with van der Waals surface area (Å²) in [7, 11) is 0. The zero-order valence-electron chi connectivity index (χ0n) is 11.3. The van der Waals surface area contributed by atoms with Crippen molar-refractivity contribution in [3.05, 3.63) is 35.4 Å². The number of hydrogen-bond donors (Lipinski definition) is 5. The molecule has 0 aliphatic carbocycles. The number of rotatable bonds is 1. The molecular weight excluding hydrogens is 312 g/mol. The Morgan fingerprint density at radius 3 is 1.87 bits per heavy atom. The number of benzene rings is 1. The Morgan fingerprint density at radius 2 is 1.39 bits per heavy atom. The van der Waals surface area contributed by atoms with E-state index in [-0.39, 0.29) is 16.0 Å². The van der Waals surface area contributed by atoms with Gasteiger partial charge in [0.15, 0.2) is 6.04 Å². The van der Waals surface area contributed by atoms with E-state index in [4.69, 9.17) is 0 Å². The molecule has 1 aromatic carbocycles. The molecule has 0 radical (unpaired) electrons. The fourth-order valence-corrected chi connectivity index (χ4v) is 2.55. The maximum atomic E-state index is 12.3. The number of aliphatic hydroxyl groups is 4. The smallest absolute Gasteiger partial charge is 0.303 e. The van der Waals surface area contributed by atoms with E-state index < -0.39 is 41.2 Å². The molecule has 4 amide bonds. The third-order valence-corrected chi connectivity index (χ3v) is 3.78. The lowest BCUT2D eigenvalue weighted by atomic mass is 9.90. The van der Waals surface area contributed by atoms with Gasteiger partial charge in [-0.2, -0.15) is 0 Å². The van der Waals surface area contributed by atoms with E-state index in [1.54, 1.807) is 0 Å². The Kier molecular flexibility index (Phi) is 2.93. The van der Waals surface area contributed by atoms with Gasteiger partial charge in [-0.15, -0.1) is 0 Å². The third-order valence-electron chi connectivity index (χ3n) is 3.78. The van der Waals surface area contributed by atoms with Crippen molar-refractivity contribution in [2.45, 2.75) is 17.6 Å². The summed E-state index contributed by atoms with van der Waals surface area (Å²) in [6.45, 7) is 0. The first-order valence-corrected chi connectivity index (χ1v) is 6.32. The zero-order valence-corrected chi connectivity index (χ0v) is 11.3. The highest BCUT2D eigenvalue weighted by molar-refractivity contribution is 6.23. The largest absolute Gasteiger partial charge is 0.359 e. The van der Waals surface area contributed by atoms with E-state index in [0.29, 0.717) is 0 Å². The van der Waals surface area contributed by atoms with Gasteiger partial charge < -0.3 is 20.4 Å². The van der Waals surface area contributed by atoms with E-state index in [9.17, 15) is 39.6 Å². The van der Waals surface area contributed by atoms with Crippen molar-refractivity contribution in [3.63, 3.8) is 0 Å². The molecule has 2 heterocycles. The van der Waals surface area contributed by atoms with Gasteiger partial charge in [0.05, 0.1) is 11.1 Å². The van der Waals surface area contributed by atoms with Gasteiger partial charge in [0, 0.05) is 0 Å². The molecule has 1 unspecified atom stereocenters. The van der Waals surface area contributed by atoms with Gasteiger partial charge in [0.2, 0.25) is 0 Å². The molecule has 1 fully saturated rings. The van der Waals surface area contributed by atoms with Crippen molar-refractivity contribution >= 4 is 23.6 Å². The van der Waals surface area contributed by atoms with E-state index in [2.05, 4.69) is 0 Å². The van der Waals surface area contributed by atoms with Crippen molar-refractivity contribution in [1.29, 1.82) is 0 Å². The SMILES string of the molecule is O=C1NC(=O)C(O)(O)C(O)(O)C1N1C(=O)c2ccccc2C1=O. The van der Waals surface area contributed by atoms with E-state index in [1.807, 2.05) is 0 Å². The van der Waals surface area contributed by atoms with Crippen LogP contribution in [-0.2, 0) is 9.59 Å². The quantitative estimate of drug-likeness (QED) is 0.264. The van der Waals surface area contributed by atoms with Gasteiger partial charge in [0.1, 0.15) is 0 Å². The van der Waals surface area contributed by atoms with Crippen LogP contribution in [0, 0.1) is 0 Å². The summed E-state index contributed by atoms with van der Waals surface area (Å²) in [5.41, 5.74) is -0.195. The number of nitrogens with one attached hydrogen (secondary N) is 1. The molecule has 0 bridgehead atoms. The number of fused-ring (bicyclic) bond motifs is 1. The summed E-state index contributed by atoms with van der Waals surface area (Å²) in [6, 6.07) is 3.03. The van der Waals surface area contributed by atoms with Crippen LogP contribution >= 0.6 is 0 Å². The molecule has 0 spiro atoms. The Bertz CT molecular complexity index is 734. The van der Waals surface area contributed by atoms with Crippen LogP contribution in [-0.4, -0.2) is 66.6 Å². The molecule has 10 heteroatoms. The van der Waals surface area contributed by atoms with E-state index >= 15 is 0 Å². The normalized spacial score (nSPS) is 25.4. The molecule has 0 saturated carbocycles. The summed E-state index contributed by atoms with van der Waals surface area (Å²) in [6.07, 6.45) is 0. The number of carbonyl (C=O) groups is 4. The highest BCUT2D eigenvalue weighted by atomic mass is 16.6. The van der Waals surface area contributed by atoms with Crippen LogP contribution in [0.5, 0.6) is 0 Å². The van der Waals surface area contributed by atoms with Crippen LogP contribution in [0.25, 0.3) is 0 Å². The average Bonchev–Trinajstić information content (AvgIpc) is 2.71. The second-order valence-electron chi connectivity index (χ2n) is 5.15. The fraction of sp³-hybridized carbons (Fsp3) is 0.231. The van der Waals surface area contributed by atoms with Gasteiger partial charge in [-0.25, -0.2) is 0 Å². The predicted octanol–water partition coefficient (Wildman–Crippen LogP) is -3.33. The summed E-state index contributed by atoms with van der Waals surface area (Å²) in [5, 5.41) is 40.4. The number of hydrogen-bond acceptors (Lipinski definition) is 8. The molecular formula is C13H10N2O8. The molecule has 1 aromatic rings. The zero-order chi connectivity index (χ0) is 17.2. The van der Waals surface area contributed by atoms with Gasteiger partial charge >= 0.3 is 5.79 Å². The van der Waals surface area contributed by atoms with E-state index in [0.717, 1.165) is 0 Å². The number of carbonyl (C=O) groups excluding carboxylic acids is 4. The van der Waals surface area contributed by atoms with Gasteiger partial charge in [0.25, 0.3) is 29.4 Å². The number of piperidine rings is 1. The van der Waals surface area contributed by atoms with Crippen molar-refractivity contribution in [3.8, 4) is 0 Å². The molecule has 2 aliphatic heterocycles. The minimum Gasteiger partial charge on any atom is -0.359 e. The lowest BCUT2D eigenvalue weighted by Crippen LogP contribution is -2.79. The predicted molar refractivity (Wildman–Crippen MR) is 68.2 cm³/mol. The minimum absolute atomic E-state index is 0.0977. The standard InChI is InChI=1S/C13H10N2O8/c16-8-7(12(20,21)13(22,23)11(19)14-8)15-9(17)5-3-1-2-4-6(5)10(15)18/h1-4,7,20-23H,(H,14,16,19). The first-order valence-electron chi connectivity index (χ1n) is 6.32. The Hall–Kier alpha value is -2.66. The maximum Gasteiger partial charge on any atom is 0.303 e. The van der Waals surface area contributed by atoms with Crippen LogP contribution in [0.15, 0.2) is 24.3 Å². The van der Waals surface area contributed by atoms with Gasteiger partial charge in [-0.05, 0) is 12.1 Å². The molecule has 0 aromatic heterocycles. The number of imide groups is 2. The second-order valence-corrected chi connectivity index (χ2v) is 5.15. The summed E-state index contributed by atoms with van der Waals surface area (Å²) in [5.74, 6) is -12.9. The molecule has 1 saturated heterocycles. The molecule has 120 valence electrons. The summed E-state index contributed by atoms with van der Waals surface area (Å²) < 4.78 is 0. The van der Waals surface area contributed by atoms with E-state index in [1.165, 1.54) is 29.6 Å². The van der Waals surface area contributed by atoms with Crippen LogP contribution in [0.3, 0.4) is 0 Å².